The van der Waals surface area contributed by atoms with Crippen LogP contribution in [0, 0.1) is 68.0 Å². The first-order chi connectivity index (χ1) is 27.8. The molecule has 2 amide bonds. The molecule has 7 aliphatic rings. The quantitative estimate of drug-likeness (QED) is 0.176. The summed E-state index contributed by atoms with van der Waals surface area (Å²) in [7, 11) is 0. The average molecular weight is 834 g/mol. The molecule has 3 N–H and O–H groups in total. The van der Waals surface area contributed by atoms with Crippen LogP contribution in [-0.2, 0) is 28.7 Å². The third-order valence-electron chi connectivity index (χ3n) is 19.1. The number of ketones is 1. The predicted molar refractivity (Wildman–Crippen MR) is 232 cm³/mol. The van der Waals surface area contributed by atoms with Crippen LogP contribution in [-0.4, -0.2) is 77.4 Å². The highest BCUT2D eigenvalue weighted by molar-refractivity contribution is 6.01. The van der Waals surface area contributed by atoms with Crippen LogP contribution in [0.3, 0.4) is 0 Å². The first kappa shape index (κ1) is 45.3. The number of ether oxygens (including phenoxy) is 1. The van der Waals surface area contributed by atoms with Crippen LogP contribution in [0.1, 0.15) is 166 Å². The zero-order chi connectivity index (χ0) is 44.0. The number of nitrogens with zero attached hydrogens (tertiary/aromatic N) is 1. The van der Waals surface area contributed by atoms with Crippen molar-refractivity contribution < 1.29 is 33.8 Å². The minimum atomic E-state index is -0.835. The molecule has 6 aliphatic carbocycles. The number of carbonyl (C=O) groups is 5. The van der Waals surface area contributed by atoms with Crippen LogP contribution in [0.25, 0.3) is 0 Å². The molecule has 10 heteroatoms. The second kappa shape index (κ2) is 15.5. The van der Waals surface area contributed by atoms with Crippen molar-refractivity contribution in [2.75, 3.05) is 26.2 Å². The molecule has 10 atom stereocenters. The fourth-order valence-electron chi connectivity index (χ4n) is 15.6. The molecule has 7 rings (SSSR count). The van der Waals surface area contributed by atoms with Gasteiger partial charge in [-0.2, -0.15) is 0 Å². The van der Waals surface area contributed by atoms with Gasteiger partial charge in [-0.1, -0.05) is 74.3 Å². The SMILES string of the molecule is CC(C)C1=C2[C@H]3CC[C@@H]4[C@@]5(C)CC[C@H](OC(=O)[C@H]6C[C@@H](C(=O)O)C6(C)C)C(C)(C)[C@@H]5CC[C@@]4(C)[C@]3(C)CC[C@@]2(CC(=O)NCC(C)(C)NC(=O)CN2CCCCC2)CC1=O. The van der Waals surface area contributed by atoms with E-state index in [-0.39, 0.29) is 63.2 Å². The lowest BCUT2D eigenvalue weighted by Gasteiger charge is -2.72. The molecule has 1 aliphatic heterocycles. The van der Waals surface area contributed by atoms with Crippen molar-refractivity contribution in [3.8, 4) is 0 Å². The first-order valence-corrected chi connectivity index (χ1v) is 23.8. The summed E-state index contributed by atoms with van der Waals surface area (Å²) in [6.45, 7) is 26.9. The number of nitrogens with one attached hydrogen (secondary N) is 2. The lowest BCUT2D eigenvalue weighted by atomic mass is 9.33. The second-order valence-electron chi connectivity index (χ2n) is 24.0. The number of rotatable bonds is 11. The van der Waals surface area contributed by atoms with Gasteiger partial charge in [-0.05, 0) is 148 Å². The Balaban J connectivity index is 1.07. The van der Waals surface area contributed by atoms with Gasteiger partial charge in [-0.15, -0.1) is 0 Å². The molecular formula is C50H79N3O7. The number of hydrogen-bond donors (Lipinski definition) is 3. The topological polar surface area (TPSA) is 142 Å². The van der Waals surface area contributed by atoms with Gasteiger partial charge in [-0.3, -0.25) is 28.9 Å². The number of piperidine rings is 1. The van der Waals surface area contributed by atoms with E-state index in [0.29, 0.717) is 44.2 Å². The molecule has 10 nitrogen and oxygen atoms in total. The summed E-state index contributed by atoms with van der Waals surface area (Å²) in [6, 6.07) is 0. The Morgan fingerprint density at radius 2 is 1.50 bits per heavy atom. The van der Waals surface area contributed by atoms with E-state index in [0.717, 1.165) is 82.9 Å². The van der Waals surface area contributed by atoms with Gasteiger partial charge in [0.25, 0.3) is 0 Å². The fourth-order valence-corrected chi connectivity index (χ4v) is 15.6. The maximum Gasteiger partial charge on any atom is 0.309 e. The van der Waals surface area contributed by atoms with Crippen molar-refractivity contribution in [3.63, 3.8) is 0 Å². The molecular weight excluding hydrogens is 755 g/mol. The summed E-state index contributed by atoms with van der Waals surface area (Å²) >= 11 is 0. The number of esters is 1. The van der Waals surface area contributed by atoms with Crippen molar-refractivity contribution in [2.24, 2.45) is 68.0 Å². The van der Waals surface area contributed by atoms with Crippen molar-refractivity contribution in [1.29, 1.82) is 0 Å². The Labute approximate surface area is 360 Å². The molecule has 336 valence electrons. The van der Waals surface area contributed by atoms with E-state index in [9.17, 15) is 29.1 Å². The molecule has 0 aromatic heterocycles. The highest BCUT2D eigenvalue weighted by atomic mass is 16.5. The van der Waals surface area contributed by atoms with E-state index >= 15 is 0 Å². The van der Waals surface area contributed by atoms with Crippen LogP contribution in [0.5, 0.6) is 0 Å². The van der Waals surface area contributed by atoms with Crippen LogP contribution < -0.4 is 10.6 Å². The van der Waals surface area contributed by atoms with Gasteiger partial charge >= 0.3 is 11.9 Å². The standard InChI is InChI=1S/C50H79N3O7/c1-30(2)40-34(54)26-50(27-38(55)51-29-44(3,4)52-39(56)28-53-23-13-12-14-24-53)22-21-48(10)31(41(40)50)15-16-36-47(9)19-18-37(46(7,8)35(47)17-20-49(36,48)11)60-43(59)33-25-32(42(57)58)45(33,5)6/h30-33,35-37H,12-29H2,1-11H3,(H,51,55)(H,52,56)(H,57,58)/t31-,32+,33-,35+,36-,37+,47+,48-,49-,50+/m1/s1. The zero-order valence-electron chi connectivity index (χ0n) is 39.1. The first-order valence-electron chi connectivity index (χ1n) is 23.8. The number of carbonyl (C=O) groups excluding carboxylic acids is 4. The van der Waals surface area contributed by atoms with Gasteiger partial charge in [0.2, 0.25) is 11.8 Å². The number of allylic oxidation sites excluding steroid dienone is 2. The van der Waals surface area contributed by atoms with E-state index in [1.54, 1.807) is 0 Å². The molecule has 0 aromatic carbocycles. The third-order valence-corrected chi connectivity index (χ3v) is 19.1. The second-order valence-corrected chi connectivity index (χ2v) is 24.0. The number of fused-ring (bicyclic) bond motifs is 7. The Morgan fingerprint density at radius 3 is 2.13 bits per heavy atom. The van der Waals surface area contributed by atoms with Crippen LogP contribution in [0.15, 0.2) is 11.1 Å². The Morgan fingerprint density at radius 1 is 0.817 bits per heavy atom. The van der Waals surface area contributed by atoms with Gasteiger partial charge < -0.3 is 20.5 Å². The molecule has 0 radical (unpaired) electrons. The number of carboxylic acid groups (broad SMARTS) is 1. The Kier molecular flexibility index (Phi) is 11.7. The predicted octanol–water partition coefficient (Wildman–Crippen LogP) is 8.51. The van der Waals surface area contributed by atoms with Crippen LogP contribution >= 0.6 is 0 Å². The molecule has 60 heavy (non-hydrogen) atoms. The van der Waals surface area contributed by atoms with Crippen molar-refractivity contribution in [2.45, 2.75) is 178 Å². The van der Waals surface area contributed by atoms with Crippen molar-refractivity contribution in [1.82, 2.24) is 15.5 Å². The average Bonchev–Trinajstić information content (AvgIpc) is 3.43. The lowest BCUT2D eigenvalue weighted by Crippen LogP contribution is -2.66. The lowest BCUT2D eigenvalue weighted by molar-refractivity contribution is -0.236. The molecule has 0 aromatic rings. The zero-order valence-corrected chi connectivity index (χ0v) is 39.1. The number of carboxylic acids is 1. The number of amides is 2. The molecule has 1 heterocycles. The fraction of sp³-hybridized carbons (Fsp3) is 0.860. The van der Waals surface area contributed by atoms with E-state index < -0.39 is 34.2 Å². The highest BCUT2D eigenvalue weighted by Gasteiger charge is 2.70. The minimum absolute atomic E-state index is 0.00755. The van der Waals surface area contributed by atoms with Crippen LogP contribution in [0.4, 0.5) is 0 Å². The molecule has 1 saturated heterocycles. The molecule has 0 bridgehead atoms. The van der Waals surface area contributed by atoms with Gasteiger partial charge in [-0.25, -0.2) is 0 Å². The summed E-state index contributed by atoms with van der Waals surface area (Å²) in [6.07, 6.45) is 12.2. The van der Waals surface area contributed by atoms with Gasteiger partial charge in [0, 0.05) is 30.2 Å². The minimum Gasteiger partial charge on any atom is -0.481 e. The number of Topliss-reactive ketones (excluding diaryl/α,β-unsaturated/α-hetero) is 1. The van der Waals surface area contributed by atoms with Crippen molar-refractivity contribution >= 4 is 29.5 Å². The van der Waals surface area contributed by atoms with E-state index in [1.807, 2.05) is 27.7 Å². The summed E-state index contributed by atoms with van der Waals surface area (Å²) in [5.74, 6) is -0.618. The molecule has 6 fully saturated rings. The largest absolute Gasteiger partial charge is 0.481 e. The van der Waals surface area contributed by atoms with Gasteiger partial charge in [0.05, 0.1) is 23.9 Å². The summed E-state index contributed by atoms with van der Waals surface area (Å²) in [5, 5.41) is 16.1. The summed E-state index contributed by atoms with van der Waals surface area (Å²) in [5.41, 5.74) is 0.425. The Bertz CT molecular complexity index is 1790. The molecule has 0 unspecified atom stereocenters. The van der Waals surface area contributed by atoms with Gasteiger partial charge in [0.15, 0.2) is 5.78 Å². The smallest absolute Gasteiger partial charge is 0.309 e. The van der Waals surface area contributed by atoms with E-state index in [4.69, 9.17) is 4.74 Å². The maximum absolute atomic E-state index is 14.2. The Hall–Kier alpha value is -2.75. The normalized spacial score (nSPS) is 39.7. The van der Waals surface area contributed by atoms with E-state index in [2.05, 4.69) is 64.0 Å². The van der Waals surface area contributed by atoms with Gasteiger partial charge in [0.1, 0.15) is 6.10 Å². The summed E-state index contributed by atoms with van der Waals surface area (Å²) in [4.78, 5) is 68.9. The third kappa shape index (κ3) is 7.30. The summed E-state index contributed by atoms with van der Waals surface area (Å²) < 4.78 is 6.43. The molecule has 5 saturated carbocycles. The molecule has 0 spiro atoms. The number of aliphatic carboxylic acids is 1. The van der Waals surface area contributed by atoms with Crippen molar-refractivity contribution in [3.05, 3.63) is 11.1 Å². The van der Waals surface area contributed by atoms with Crippen LogP contribution in [0.2, 0.25) is 0 Å². The number of likely N-dealkylation sites (tertiary alicyclic amines) is 1. The monoisotopic (exact) mass is 834 g/mol. The maximum atomic E-state index is 14.2. The van der Waals surface area contributed by atoms with E-state index in [1.165, 1.54) is 12.0 Å². The highest BCUT2D eigenvalue weighted by Crippen LogP contribution is 2.77. The number of hydrogen-bond acceptors (Lipinski definition) is 7.